The number of carbonyl (C=O) groups excluding carboxylic acids is 2. The van der Waals surface area contributed by atoms with Crippen LogP contribution in [0, 0.1) is 5.92 Å². The van der Waals surface area contributed by atoms with Gasteiger partial charge in [-0.2, -0.15) is 0 Å². The van der Waals surface area contributed by atoms with Crippen molar-refractivity contribution < 1.29 is 14.3 Å². The SMILES string of the molecule is CCSC(=O)[C@H]1CCC(=O)O[C@@H]1c1ccccc1. The molecule has 0 amide bonds. The number of benzene rings is 1. The van der Waals surface area contributed by atoms with Crippen LogP contribution >= 0.6 is 11.8 Å². The molecule has 1 saturated heterocycles. The maximum absolute atomic E-state index is 12.1. The van der Waals surface area contributed by atoms with Crippen LogP contribution in [-0.4, -0.2) is 16.8 Å². The van der Waals surface area contributed by atoms with Crippen molar-refractivity contribution in [1.82, 2.24) is 0 Å². The topological polar surface area (TPSA) is 43.4 Å². The Labute approximate surface area is 111 Å². The van der Waals surface area contributed by atoms with Gasteiger partial charge in [0.05, 0.1) is 5.92 Å². The summed E-state index contributed by atoms with van der Waals surface area (Å²) in [5, 5.41) is 0.124. The molecule has 0 spiro atoms. The molecule has 18 heavy (non-hydrogen) atoms. The fraction of sp³-hybridized carbons (Fsp3) is 0.429. The van der Waals surface area contributed by atoms with Crippen LogP contribution in [0.5, 0.6) is 0 Å². The first-order valence-electron chi connectivity index (χ1n) is 6.13. The molecule has 1 heterocycles. The largest absolute Gasteiger partial charge is 0.457 e. The number of hydrogen-bond acceptors (Lipinski definition) is 4. The molecule has 1 aromatic rings. The number of esters is 1. The highest BCUT2D eigenvalue weighted by Crippen LogP contribution is 2.36. The van der Waals surface area contributed by atoms with E-state index in [1.165, 1.54) is 11.8 Å². The van der Waals surface area contributed by atoms with Gasteiger partial charge in [-0.25, -0.2) is 0 Å². The van der Waals surface area contributed by atoms with E-state index in [2.05, 4.69) is 0 Å². The molecule has 0 unspecified atom stereocenters. The van der Waals surface area contributed by atoms with Gasteiger partial charge >= 0.3 is 5.97 Å². The van der Waals surface area contributed by atoms with Gasteiger partial charge < -0.3 is 4.74 Å². The highest BCUT2D eigenvalue weighted by molar-refractivity contribution is 8.13. The Morgan fingerprint density at radius 2 is 2.11 bits per heavy atom. The normalized spacial score (nSPS) is 23.5. The molecule has 4 heteroatoms. The van der Waals surface area contributed by atoms with Gasteiger partial charge in [0.25, 0.3) is 0 Å². The Balaban J connectivity index is 2.21. The van der Waals surface area contributed by atoms with Crippen LogP contribution < -0.4 is 0 Å². The van der Waals surface area contributed by atoms with E-state index in [4.69, 9.17) is 4.74 Å². The fourth-order valence-corrected chi connectivity index (χ4v) is 2.88. The van der Waals surface area contributed by atoms with Gasteiger partial charge in [-0.1, -0.05) is 49.0 Å². The van der Waals surface area contributed by atoms with Crippen LogP contribution in [0.2, 0.25) is 0 Å². The monoisotopic (exact) mass is 264 g/mol. The molecule has 2 rings (SSSR count). The second-order valence-corrected chi connectivity index (χ2v) is 5.49. The summed E-state index contributed by atoms with van der Waals surface area (Å²) in [6, 6.07) is 9.50. The summed E-state index contributed by atoms with van der Waals surface area (Å²) in [4.78, 5) is 23.5. The zero-order valence-electron chi connectivity index (χ0n) is 10.3. The molecule has 0 saturated carbocycles. The first kappa shape index (κ1) is 13.1. The quantitative estimate of drug-likeness (QED) is 0.787. The summed E-state index contributed by atoms with van der Waals surface area (Å²) in [5.41, 5.74) is 0.903. The van der Waals surface area contributed by atoms with E-state index in [0.717, 1.165) is 11.3 Å². The van der Waals surface area contributed by atoms with Crippen molar-refractivity contribution >= 4 is 22.8 Å². The summed E-state index contributed by atoms with van der Waals surface area (Å²) in [7, 11) is 0. The third kappa shape index (κ3) is 2.93. The molecule has 0 bridgehead atoms. The van der Waals surface area contributed by atoms with Crippen LogP contribution in [0.25, 0.3) is 0 Å². The molecule has 0 N–H and O–H groups in total. The number of rotatable bonds is 3. The Bertz CT molecular complexity index is 430. The van der Waals surface area contributed by atoms with Crippen molar-refractivity contribution in [2.45, 2.75) is 25.9 Å². The molecule has 1 aromatic carbocycles. The number of ether oxygens (including phenoxy) is 1. The van der Waals surface area contributed by atoms with Crippen LogP contribution in [0.1, 0.15) is 31.4 Å². The van der Waals surface area contributed by atoms with Gasteiger partial charge in [-0.3, -0.25) is 9.59 Å². The van der Waals surface area contributed by atoms with Gasteiger partial charge in [-0.05, 0) is 17.7 Å². The number of thioether (sulfide) groups is 1. The first-order valence-corrected chi connectivity index (χ1v) is 7.12. The molecule has 96 valence electrons. The minimum Gasteiger partial charge on any atom is -0.457 e. The van der Waals surface area contributed by atoms with Crippen molar-refractivity contribution in [2.24, 2.45) is 5.92 Å². The Hall–Kier alpha value is -1.29. The lowest BCUT2D eigenvalue weighted by molar-refractivity contribution is -0.159. The molecule has 1 aliphatic rings. The van der Waals surface area contributed by atoms with E-state index < -0.39 is 6.10 Å². The van der Waals surface area contributed by atoms with Crippen molar-refractivity contribution in [3.05, 3.63) is 35.9 Å². The third-order valence-corrected chi connectivity index (χ3v) is 3.88. The van der Waals surface area contributed by atoms with Gasteiger partial charge in [-0.15, -0.1) is 0 Å². The lowest BCUT2D eigenvalue weighted by atomic mass is 9.90. The maximum atomic E-state index is 12.1. The highest BCUT2D eigenvalue weighted by atomic mass is 32.2. The van der Waals surface area contributed by atoms with E-state index in [1.807, 2.05) is 37.3 Å². The molecule has 1 aliphatic heterocycles. The molecular weight excluding hydrogens is 248 g/mol. The van der Waals surface area contributed by atoms with Crippen molar-refractivity contribution in [3.63, 3.8) is 0 Å². The summed E-state index contributed by atoms with van der Waals surface area (Å²) in [6.07, 6.45) is 0.507. The van der Waals surface area contributed by atoms with Gasteiger partial charge in [0, 0.05) is 6.42 Å². The fourth-order valence-electron chi connectivity index (χ4n) is 2.14. The molecule has 1 fully saturated rings. The lowest BCUT2D eigenvalue weighted by Crippen LogP contribution is -2.30. The second kappa shape index (κ2) is 6.05. The standard InChI is InChI=1S/C14H16O3S/c1-2-18-14(16)11-8-9-12(15)17-13(11)10-6-4-3-5-7-10/h3-7,11,13H,2,8-9H2,1H3/t11-,13+/m0/s1. The van der Waals surface area contributed by atoms with E-state index in [1.54, 1.807) is 0 Å². The predicted octanol–water partition coefficient (Wildman–Crippen LogP) is 2.96. The Kier molecular flexibility index (Phi) is 4.42. The zero-order valence-corrected chi connectivity index (χ0v) is 11.1. The number of hydrogen-bond donors (Lipinski definition) is 0. The second-order valence-electron chi connectivity index (χ2n) is 4.22. The summed E-state index contributed by atoms with van der Waals surface area (Å²) < 4.78 is 5.38. The molecule has 0 radical (unpaired) electrons. The average Bonchev–Trinajstić information content (AvgIpc) is 2.40. The summed E-state index contributed by atoms with van der Waals surface area (Å²) >= 11 is 1.31. The van der Waals surface area contributed by atoms with Crippen molar-refractivity contribution in [3.8, 4) is 0 Å². The summed E-state index contributed by atoms with van der Waals surface area (Å²) in [6.45, 7) is 1.95. The van der Waals surface area contributed by atoms with Crippen LogP contribution in [0.15, 0.2) is 30.3 Å². The predicted molar refractivity (Wildman–Crippen MR) is 71.1 cm³/mol. The van der Waals surface area contributed by atoms with Crippen LogP contribution in [-0.2, 0) is 14.3 Å². The zero-order chi connectivity index (χ0) is 13.0. The molecule has 2 atom stereocenters. The number of cyclic esters (lactones) is 1. The van der Waals surface area contributed by atoms with E-state index >= 15 is 0 Å². The Morgan fingerprint density at radius 1 is 1.39 bits per heavy atom. The number of carbonyl (C=O) groups is 2. The van der Waals surface area contributed by atoms with Gasteiger partial charge in [0.2, 0.25) is 0 Å². The highest BCUT2D eigenvalue weighted by Gasteiger charge is 2.36. The average molecular weight is 264 g/mol. The van der Waals surface area contributed by atoms with Crippen LogP contribution in [0.4, 0.5) is 0 Å². The lowest BCUT2D eigenvalue weighted by Gasteiger charge is -2.30. The maximum Gasteiger partial charge on any atom is 0.306 e. The van der Waals surface area contributed by atoms with E-state index in [0.29, 0.717) is 12.8 Å². The third-order valence-electron chi connectivity index (χ3n) is 3.00. The van der Waals surface area contributed by atoms with E-state index in [-0.39, 0.29) is 17.0 Å². The van der Waals surface area contributed by atoms with E-state index in [9.17, 15) is 9.59 Å². The van der Waals surface area contributed by atoms with Crippen molar-refractivity contribution in [2.75, 3.05) is 5.75 Å². The molecule has 0 aromatic heterocycles. The van der Waals surface area contributed by atoms with Gasteiger partial charge in [0.15, 0.2) is 5.12 Å². The smallest absolute Gasteiger partial charge is 0.306 e. The molecular formula is C14H16O3S. The summed E-state index contributed by atoms with van der Waals surface area (Å²) in [5.74, 6) is 0.328. The molecule has 3 nitrogen and oxygen atoms in total. The van der Waals surface area contributed by atoms with Crippen LogP contribution in [0.3, 0.4) is 0 Å². The van der Waals surface area contributed by atoms with Gasteiger partial charge in [0.1, 0.15) is 6.10 Å². The first-order chi connectivity index (χ1) is 8.72. The minimum atomic E-state index is -0.418. The minimum absolute atomic E-state index is 0.124. The Morgan fingerprint density at radius 3 is 2.78 bits per heavy atom. The molecule has 0 aliphatic carbocycles. The van der Waals surface area contributed by atoms with Crippen molar-refractivity contribution in [1.29, 1.82) is 0 Å².